The van der Waals surface area contributed by atoms with Crippen LogP contribution in [-0.4, -0.2) is 37.2 Å². The summed E-state index contributed by atoms with van der Waals surface area (Å²) >= 11 is 0. The third-order valence-corrected chi connectivity index (χ3v) is 10.2. The molecule has 0 fully saturated rings. The van der Waals surface area contributed by atoms with Crippen molar-refractivity contribution in [1.82, 2.24) is 0 Å². The molecule has 0 aliphatic carbocycles. The van der Waals surface area contributed by atoms with Gasteiger partial charge in [0, 0.05) is 19.3 Å². The molecule has 0 saturated heterocycles. The molecule has 1 unspecified atom stereocenters. The van der Waals surface area contributed by atoms with Gasteiger partial charge >= 0.3 is 17.9 Å². The lowest BCUT2D eigenvalue weighted by Crippen LogP contribution is -2.30. The first-order chi connectivity index (χ1) is 29.0. The van der Waals surface area contributed by atoms with Crippen molar-refractivity contribution in [1.29, 1.82) is 0 Å². The molecule has 0 spiro atoms. The Morgan fingerprint density at radius 3 is 1.24 bits per heavy atom. The van der Waals surface area contributed by atoms with Gasteiger partial charge in [0.2, 0.25) is 0 Å². The summed E-state index contributed by atoms with van der Waals surface area (Å²) in [7, 11) is 0. The van der Waals surface area contributed by atoms with Crippen molar-refractivity contribution in [3.63, 3.8) is 0 Å². The predicted molar refractivity (Wildman–Crippen MR) is 251 cm³/mol. The minimum atomic E-state index is -0.793. The fraction of sp³-hybridized carbons (Fsp3) is 0.717. The number of esters is 3. The van der Waals surface area contributed by atoms with Crippen LogP contribution in [-0.2, 0) is 28.6 Å². The van der Waals surface area contributed by atoms with Gasteiger partial charge in [0.25, 0.3) is 0 Å². The first-order valence-corrected chi connectivity index (χ1v) is 24.5. The van der Waals surface area contributed by atoms with Gasteiger partial charge in [-0.2, -0.15) is 0 Å². The van der Waals surface area contributed by atoms with E-state index in [2.05, 4.69) is 93.7 Å². The van der Waals surface area contributed by atoms with Crippen LogP contribution in [0.1, 0.15) is 226 Å². The standard InChI is InChI=1S/C53H90O6/c1-4-7-10-13-16-19-22-25-28-31-34-37-40-43-46-52(55)58-49-50(48-57-51(54)45-42-39-36-33-30-27-24-21-18-15-12-9-6-3)59-53(56)47-44-41-38-35-32-29-26-23-20-17-14-11-8-5-2/h7,9-10,12,15-16,18-19,21,24,29,32,50H,4-6,8,11,13-14,17,20,22-23,25-28,30-31,33-49H2,1-3H3/b10-7-,12-9-,18-15-,19-16-,24-21-,32-29-. The molecule has 0 heterocycles. The molecule has 6 nitrogen and oxygen atoms in total. The molecular weight excluding hydrogens is 733 g/mol. The van der Waals surface area contributed by atoms with Crippen molar-refractivity contribution < 1.29 is 28.6 Å². The number of rotatable bonds is 43. The minimum absolute atomic E-state index is 0.0929. The number of hydrogen-bond donors (Lipinski definition) is 0. The van der Waals surface area contributed by atoms with E-state index in [4.69, 9.17) is 14.2 Å². The van der Waals surface area contributed by atoms with Crippen LogP contribution >= 0.6 is 0 Å². The zero-order valence-corrected chi connectivity index (χ0v) is 38.5. The van der Waals surface area contributed by atoms with Crippen LogP contribution in [0.2, 0.25) is 0 Å². The minimum Gasteiger partial charge on any atom is -0.462 e. The molecule has 0 aliphatic heterocycles. The van der Waals surface area contributed by atoms with Gasteiger partial charge in [-0.3, -0.25) is 14.4 Å². The molecule has 0 saturated carbocycles. The van der Waals surface area contributed by atoms with Crippen molar-refractivity contribution >= 4 is 17.9 Å². The number of carbonyl (C=O) groups is 3. The number of carbonyl (C=O) groups excluding carboxylic acids is 3. The zero-order valence-electron chi connectivity index (χ0n) is 38.5. The fourth-order valence-corrected chi connectivity index (χ4v) is 6.59. The first-order valence-electron chi connectivity index (χ1n) is 24.5. The SMILES string of the molecule is CC\C=C/C=C\C=C/CCCCCCCC(=O)OCC(COC(=O)CCCCCCCCC/C=C\C/C=C\CC)OC(=O)CCCCC/C=C\CCCCCCCCC. The Kier molecular flexibility index (Phi) is 45.0. The molecule has 59 heavy (non-hydrogen) atoms. The van der Waals surface area contributed by atoms with E-state index in [1.165, 1.54) is 70.6 Å². The Labute approximate surface area is 363 Å². The first kappa shape index (κ1) is 55.9. The highest BCUT2D eigenvalue weighted by molar-refractivity contribution is 5.71. The molecule has 0 radical (unpaired) electrons. The lowest BCUT2D eigenvalue weighted by molar-refractivity contribution is -0.167. The van der Waals surface area contributed by atoms with Crippen LogP contribution in [0.3, 0.4) is 0 Å². The highest BCUT2D eigenvalue weighted by Crippen LogP contribution is 2.14. The fourth-order valence-electron chi connectivity index (χ4n) is 6.59. The number of ether oxygens (including phenoxy) is 3. The normalized spacial score (nSPS) is 12.7. The van der Waals surface area contributed by atoms with E-state index in [1.807, 2.05) is 0 Å². The second-order valence-corrected chi connectivity index (χ2v) is 16.0. The molecule has 0 aromatic heterocycles. The van der Waals surface area contributed by atoms with Gasteiger partial charge in [-0.25, -0.2) is 0 Å². The van der Waals surface area contributed by atoms with E-state index in [9.17, 15) is 14.4 Å². The number of unbranched alkanes of at least 4 members (excludes halogenated alkanes) is 22. The van der Waals surface area contributed by atoms with Gasteiger partial charge in [0.05, 0.1) is 0 Å². The Hall–Kier alpha value is -3.15. The number of allylic oxidation sites excluding steroid dienone is 12. The summed E-state index contributed by atoms with van der Waals surface area (Å²) in [5.74, 6) is -0.939. The Morgan fingerprint density at radius 2 is 0.746 bits per heavy atom. The van der Waals surface area contributed by atoms with Gasteiger partial charge in [-0.05, 0) is 89.9 Å². The second-order valence-electron chi connectivity index (χ2n) is 16.0. The third-order valence-electron chi connectivity index (χ3n) is 10.2. The smallest absolute Gasteiger partial charge is 0.306 e. The second kappa shape index (κ2) is 47.5. The van der Waals surface area contributed by atoms with Crippen LogP contribution < -0.4 is 0 Å². The molecule has 0 aromatic rings. The maximum atomic E-state index is 12.8. The number of hydrogen-bond acceptors (Lipinski definition) is 6. The third kappa shape index (κ3) is 45.8. The lowest BCUT2D eigenvalue weighted by Gasteiger charge is -2.18. The van der Waals surface area contributed by atoms with E-state index in [-0.39, 0.29) is 31.1 Å². The molecule has 1 atom stereocenters. The van der Waals surface area contributed by atoms with E-state index < -0.39 is 6.10 Å². The maximum absolute atomic E-state index is 12.8. The van der Waals surface area contributed by atoms with Crippen molar-refractivity contribution in [2.45, 2.75) is 232 Å². The average molecular weight is 823 g/mol. The quantitative estimate of drug-likeness (QED) is 0.0200. The zero-order chi connectivity index (χ0) is 43.0. The molecule has 0 aliphatic rings. The molecule has 0 bridgehead atoms. The maximum Gasteiger partial charge on any atom is 0.306 e. The highest BCUT2D eigenvalue weighted by atomic mass is 16.6. The van der Waals surface area contributed by atoms with E-state index >= 15 is 0 Å². The summed E-state index contributed by atoms with van der Waals surface area (Å²) in [6, 6.07) is 0. The molecule has 0 rings (SSSR count). The van der Waals surface area contributed by atoms with Crippen molar-refractivity contribution in [2.24, 2.45) is 0 Å². The van der Waals surface area contributed by atoms with E-state index in [1.54, 1.807) is 0 Å². The topological polar surface area (TPSA) is 78.9 Å². The largest absolute Gasteiger partial charge is 0.462 e. The van der Waals surface area contributed by atoms with Crippen LogP contribution in [0, 0.1) is 0 Å². The Bertz CT molecular complexity index is 1130. The molecule has 6 heteroatoms. The highest BCUT2D eigenvalue weighted by Gasteiger charge is 2.19. The van der Waals surface area contributed by atoms with E-state index in [0.29, 0.717) is 19.3 Å². The predicted octanol–water partition coefficient (Wildman–Crippen LogP) is 15.9. The van der Waals surface area contributed by atoms with Crippen LogP contribution in [0.5, 0.6) is 0 Å². The van der Waals surface area contributed by atoms with Gasteiger partial charge in [-0.15, -0.1) is 0 Å². The Morgan fingerprint density at radius 1 is 0.373 bits per heavy atom. The van der Waals surface area contributed by atoms with Gasteiger partial charge in [0.15, 0.2) is 6.10 Å². The summed E-state index contributed by atoms with van der Waals surface area (Å²) in [6.45, 7) is 6.35. The molecule has 0 aromatic carbocycles. The van der Waals surface area contributed by atoms with Gasteiger partial charge < -0.3 is 14.2 Å². The molecule has 0 N–H and O–H groups in total. The average Bonchev–Trinajstić information content (AvgIpc) is 3.23. The molecule has 338 valence electrons. The summed E-state index contributed by atoms with van der Waals surface area (Å²) in [6.07, 6.45) is 58.8. The van der Waals surface area contributed by atoms with Crippen molar-refractivity contribution in [2.75, 3.05) is 13.2 Å². The van der Waals surface area contributed by atoms with Crippen LogP contribution in [0.4, 0.5) is 0 Å². The molecule has 0 amide bonds. The molecular formula is C53H90O6. The van der Waals surface area contributed by atoms with Crippen molar-refractivity contribution in [3.05, 3.63) is 72.9 Å². The van der Waals surface area contributed by atoms with Crippen LogP contribution in [0.25, 0.3) is 0 Å². The van der Waals surface area contributed by atoms with Gasteiger partial charge in [-0.1, -0.05) is 190 Å². The lowest BCUT2D eigenvalue weighted by atomic mass is 10.1. The van der Waals surface area contributed by atoms with Crippen LogP contribution in [0.15, 0.2) is 72.9 Å². The van der Waals surface area contributed by atoms with E-state index in [0.717, 1.165) is 116 Å². The van der Waals surface area contributed by atoms with Crippen molar-refractivity contribution in [3.8, 4) is 0 Å². The summed E-state index contributed by atoms with van der Waals surface area (Å²) in [4.78, 5) is 37.9. The summed E-state index contributed by atoms with van der Waals surface area (Å²) in [5.41, 5.74) is 0. The Balaban J connectivity index is 4.44. The summed E-state index contributed by atoms with van der Waals surface area (Å²) in [5, 5.41) is 0. The van der Waals surface area contributed by atoms with Gasteiger partial charge in [0.1, 0.15) is 13.2 Å². The monoisotopic (exact) mass is 823 g/mol. The summed E-state index contributed by atoms with van der Waals surface area (Å²) < 4.78 is 16.7.